The number of carbonyl (C=O) groups excluding carboxylic acids is 1. The fourth-order valence-corrected chi connectivity index (χ4v) is 2.47. The smallest absolute Gasteiger partial charge is 0.194 e. The van der Waals surface area contributed by atoms with Gasteiger partial charge < -0.3 is 0 Å². The summed E-state index contributed by atoms with van der Waals surface area (Å²) in [5.41, 5.74) is 2.31. The molecule has 0 radical (unpaired) electrons. The molecule has 0 fully saturated rings. The first-order chi connectivity index (χ1) is 9.11. The molecule has 2 rings (SSSR count). The van der Waals surface area contributed by atoms with E-state index < -0.39 is 0 Å². The minimum absolute atomic E-state index is 0.102. The standard InChI is InChI=1S/C16H14BrFO/c1-2-3-11-4-6-12(7-5-11)16(19)14-9-8-13(18)10-15(14)17/h4-10H,2-3H2,1H3. The van der Waals surface area contributed by atoms with Crippen molar-refractivity contribution in [2.45, 2.75) is 19.8 Å². The van der Waals surface area contributed by atoms with Crippen LogP contribution in [0.15, 0.2) is 46.9 Å². The van der Waals surface area contributed by atoms with Gasteiger partial charge in [-0.15, -0.1) is 0 Å². The van der Waals surface area contributed by atoms with E-state index in [1.54, 1.807) is 0 Å². The summed E-state index contributed by atoms with van der Waals surface area (Å²) in [5.74, 6) is -0.461. The van der Waals surface area contributed by atoms with Gasteiger partial charge in [-0.1, -0.05) is 37.6 Å². The molecule has 2 aromatic rings. The van der Waals surface area contributed by atoms with Gasteiger partial charge in [-0.2, -0.15) is 0 Å². The molecule has 0 heterocycles. The predicted octanol–water partition coefficient (Wildman–Crippen LogP) is 4.77. The maximum atomic E-state index is 13.0. The van der Waals surface area contributed by atoms with E-state index in [1.807, 2.05) is 24.3 Å². The monoisotopic (exact) mass is 320 g/mol. The van der Waals surface area contributed by atoms with Crippen LogP contribution < -0.4 is 0 Å². The van der Waals surface area contributed by atoms with Gasteiger partial charge in [0.1, 0.15) is 5.82 Å². The Hall–Kier alpha value is -1.48. The maximum absolute atomic E-state index is 13.0. The van der Waals surface area contributed by atoms with Crippen LogP contribution in [0.4, 0.5) is 4.39 Å². The summed E-state index contributed by atoms with van der Waals surface area (Å²) in [6.45, 7) is 2.12. The first-order valence-electron chi connectivity index (χ1n) is 6.20. The second-order valence-electron chi connectivity index (χ2n) is 4.40. The molecule has 1 nitrogen and oxygen atoms in total. The van der Waals surface area contributed by atoms with Gasteiger partial charge in [0.25, 0.3) is 0 Å². The number of hydrogen-bond acceptors (Lipinski definition) is 1. The average Bonchev–Trinajstić information content (AvgIpc) is 2.39. The molecule has 3 heteroatoms. The van der Waals surface area contributed by atoms with Crippen LogP contribution in [0, 0.1) is 5.82 Å². The Balaban J connectivity index is 2.28. The third-order valence-electron chi connectivity index (χ3n) is 2.93. The van der Waals surface area contributed by atoms with Crippen LogP contribution in [0.25, 0.3) is 0 Å². The lowest BCUT2D eigenvalue weighted by Gasteiger charge is -2.05. The Kier molecular flexibility index (Phi) is 4.48. The van der Waals surface area contributed by atoms with Crippen LogP contribution in [0.5, 0.6) is 0 Å². The topological polar surface area (TPSA) is 17.1 Å². The number of halogens is 2. The van der Waals surface area contributed by atoms with Crippen molar-refractivity contribution in [2.75, 3.05) is 0 Å². The lowest BCUT2D eigenvalue weighted by Crippen LogP contribution is -2.02. The number of hydrogen-bond donors (Lipinski definition) is 0. The van der Waals surface area contributed by atoms with Gasteiger partial charge >= 0.3 is 0 Å². The van der Waals surface area contributed by atoms with Crippen molar-refractivity contribution in [2.24, 2.45) is 0 Å². The summed E-state index contributed by atoms with van der Waals surface area (Å²) in [6, 6.07) is 11.7. The van der Waals surface area contributed by atoms with E-state index in [1.165, 1.54) is 23.8 Å². The fourth-order valence-electron chi connectivity index (χ4n) is 1.94. The Bertz CT molecular complexity index is 590. The zero-order chi connectivity index (χ0) is 13.8. The molecule has 2 aromatic carbocycles. The molecule has 0 bridgehead atoms. The molecule has 98 valence electrons. The second kappa shape index (κ2) is 6.11. The van der Waals surface area contributed by atoms with Crippen LogP contribution in [-0.2, 0) is 6.42 Å². The molecule has 0 aliphatic carbocycles. The highest BCUT2D eigenvalue weighted by molar-refractivity contribution is 9.10. The van der Waals surface area contributed by atoms with Gasteiger partial charge in [0.2, 0.25) is 0 Å². The minimum Gasteiger partial charge on any atom is -0.289 e. The van der Waals surface area contributed by atoms with E-state index in [2.05, 4.69) is 22.9 Å². The van der Waals surface area contributed by atoms with Crippen LogP contribution in [0.1, 0.15) is 34.8 Å². The summed E-state index contributed by atoms with van der Waals surface area (Å²) in [5, 5.41) is 0. The van der Waals surface area contributed by atoms with Crippen molar-refractivity contribution in [3.8, 4) is 0 Å². The molecule has 0 amide bonds. The molecule has 0 atom stereocenters. The number of carbonyl (C=O) groups is 1. The summed E-state index contributed by atoms with van der Waals surface area (Å²) in [4.78, 5) is 12.3. The first kappa shape index (κ1) is 13.9. The highest BCUT2D eigenvalue weighted by atomic mass is 79.9. The van der Waals surface area contributed by atoms with Crippen molar-refractivity contribution >= 4 is 21.7 Å². The SMILES string of the molecule is CCCc1ccc(C(=O)c2ccc(F)cc2Br)cc1. The predicted molar refractivity (Wildman–Crippen MR) is 78.0 cm³/mol. The summed E-state index contributed by atoms with van der Waals surface area (Å²) >= 11 is 3.22. The van der Waals surface area contributed by atoms with E-state index in [9.17, 15) is 9.18 Å². The largest absolute Gasteiger partial charge is 0.289 e. The Morgan fingerprint density at radius 1 is 1.16 bits per heavy atom. The fraction of sp³-hybridized carbons (Fsp3) is 0.188. The highest BCUT2D eigenvalue weighted by Gasteiger charge is 2.12. The molecule has 0 aliphatic heterocycles. The zero-order valence-electron chi connectivity index (χ0n) is 10.6. The molecular formula is C16H14BrFO. The Labute approximate surface area is 120 Å². The van der Waals surface area contributed by atoms with Crippen LogP contribution in [0.3, 0.4) is 0 Å². The molecule has 0 spiro atoms. The number of rotatable bonds is 4. The van der Waals surface area contributed by atoms with E-state index in [-0.39, 0.29) is 11.6 Å². The molecular weight excluding hydrogens is 307 g/mol. The van der Waals surface area contributed by atoms with Gasteiger partial charge in [-0.3, -0.25) is 4.79 Å². The Morgan fingerprint density at radius 3 is 2.42 bits per heavy atom. The third-order valence-corrected chi connectivity index (χ3v) is 3.59. The Morgan fingerprint density at radius 2 is 1.84 bits per heavy atom. The molecule has 19 heavy (non-hydrogen) atoms. The van der Waals surface area contributed by atoms with Crippen molar-refractivity contribution in [1.29, 1.82) is 0 Å². The van der Waals surface area contributed by atoms with Crippen LogP contribution in [-0.4, -0.2) is 5.78 Å². The van der Waals surface area contributed by atoms with Crippen molar-refractivity contribution in [1.82, 2.24) is 0 Å². The van der Waals surface area contributed by atoms with Gasteiger partial charge in [0.15, 0.2) is 5.78 Å². The molecule has 0 N–H and O–H groups in total. The highest BCUT2D eigenvalue weighted by Crippen LogP contribution is 2.21. The third kappa shape index (κ3) is 3.29. The molecule has 0 saturated carbocycles. The molecule has 0 saturated heterocycles. The maximum Gasteiger partial charge on any atom is 0.194 e. The minimum atomic E-state index is -0.360. The molecule has 0 unspecified atom stereocenters. The van der Waals surface area contributed by atoms with Crippen molar-refractivity contribution < 1.29 is 9.18 Å². The normalized spacial score (nSPS) is 10.5. The quantitative estimate of drug-likeness (QED) is 0.741. The van der Waals surface area contributed by atoms with E-state index in [0.717, 1.165) is 12.8 Å². The lowest BCUT2D eigenvalue weighted by atomic mass is 10.0. The van der Waals surface area contributed by atoms with Crippen molar-refractivity contribution in [3.63, 3.8) is 0 Å². The number of aryl methyl sites for hydroxylation is 1. The summed E-state index contributed by atoms with van der Waals surface area (Å²) < 4.78 is 13.5. The molecule has 0 aliphatic rings. The second-order valence-corrected chi connectivity index (χ2v) is 5.25. The zero-order valence-corrected chi connectivity index (χ0v) is 12.2. The van der Waals surface area contributed by atoms with Gasteiger partial charge in [0, 0.05) is 15.6 Å². The van der Waals surface area contributed by atoms with Gasteiger partial charge in [0.05, 0.1) is 0 Å². The average molecular weight is 321 g/mol. The van der Waals surface area contributed by atoms with E-state index >= 15 is 0 Å². The van der Waals surface area contributed by atoms with Crippen LogP contribution in [0.2, 0.25) is 0 Å². The number of benzene rings is 2. The van der Waals surface area contributed by atoms with E-state index in [0.29, 0.717) is 15.6 Å². The summed E-state index contributed by atoms with van der Waals surface area (Å²) in [7, 11) is 0. The van der Waals surface area contributed by atoms with Crippen molar-refractivity contribution in [3.05, 3.63) is 69.4 Å². The lowest BCUT2D eigenvalue weighted by molar-refractivity contribution is 0.103. The number of ketones is 1. The van der Waals surface area contributed by atoms with Gasteiger partial charge in [-0.25, -0.2) is 4.39 Å². The van der Waals surface area contributed by atoms with Crippen LogP contribution >= 0.6 is 15.9 Å². The van der Waals surface area contributed by atoms with E-state index in [4.69, 9.17) is 0 Å². The van der Waals surface area contributed by atoms with Gasteiger partial charge in [-0.05, 0) is 46.1 Å². The first-order valence-corrected chi connectivity index (χ1v) is 7.00. The molecule has 0 aromatic heterocycles. The summed E-state index contributed by atoms with van der Waals surface area (Å²) in [6.07, 6.45) is 2.09.